The zero-order valence-electron chi connectivity index (χ0n) is 15.9. The van der Waals surface area contributed by atoms with Gasteiger partial charge in [-0.25, -0.2) is 18.2 Å². The van der Waals surface area contributed by atoms with E-state index in [1.807, 2.05) is 6.07 Å². The SMILES string of the molecule is CC1(C)CC2(CCCN2C(=O)c2ncc(F)cc2F)CN1c1cccc(F)c1. The van der Waals surface area contributed by atoms with Crippen LogP contribution >= 0.6 is 0 Å². The summed E-state index contributed by atoms with van der Waals surface area (Å²) in [6, 6.07) is 7.09. The Bertz CT molecular complexity index is 933. The highest BCUT2D eigenvalue weighted by Crippen LogP contribution is 2.47. The van der Waals surface area contributed by atoms with Gasteiger partial charge in [-0.05, 0) is 51.3 Å². The number of carbonyl (C=O) groups is 1. The molecule has 1 atom stereocenters. The van der Waals surface area contributed by atoms with Crippen LogP contribution in [0.1, 0.15) is 43.6 Å². The molecule has 0 saturated carbocycles. The molecule has 2 fully saturated rings. The van der Waals surface area contributed by atoms with Crippen molar-refractivity contribution < 1.29 is 18.0 Å². The van der Waals surface area contributed by atoms with Crippen LogP contribution in [0.15, 0.2) is 36.5 Å². The van der Waals surface area contributed by atoms with Gasteiger partial charge in [-0.2, -0.15) is 0 Å². The van der Waals surface area contributed by atoms with Crippen molar-refractivity contribution in [3.63, 3.8) is 0 Å². The summed E-state index contributed by atoms with van der Waals surface area (Å²) in [4.78, 5) is 20.6. The van der Waals surface area contributed by atoms with Crippen molar-refractivity contribution in [3.8, 4) is 0 Å². The second kappa shape index (κ2) is 6.50. The summed E-state index contributed by atoms with van der Waals surface area (Å²) >= 11 is 0. The van der Waals surface area contributed by atoms with Gasteiger partial charge in [0.1, 0.15) is 11.6 Å². The Balaban J connectivity index is 1.68. The van der Waals surface area contributed by atoms with Gasteiger partial charge in [0, 0.05) is 30.4 Å². The van der Waals surface area contributed by atoms with Crippen LogP contribution < -0.4 is 4.90 Å². The van der Waals surface area contributed by atoms with Crippen molar-refractivity contribution >= 4 is 11.6 Å². The molecule has 1 amide bonds. The van der Waals surface area contributed by atoms with E-state index in [2.05, 4.69) is 23.7 Å². The Morgan fingerprint density at radius 3 is 2.64 bits per heavy atom. The molecule has 1 unspecified atom stereocenters. The number of benzene rings is 1. The fourth-order valence-electron chi connectivity index (χ4n) is 4.85. The van der Waals surface area contributed by atoms with Crippen molar-refractivity contribution in [2.45, 2.75) is 44.2 Å². The van der Waals surface area contributed by atoms with Gasteiger partial charge in [0.25, 0.3) is 5.91 Å². The van der Waals surface area contributed by atoms with E-state index in [-0.39, 0.29) is 17.1 Å². The predicted octanol–water partition coefficient (Wildman–Crippen LogP) is 4.16. The van der Waals surface area contributed by atoms with Crippen molar-refractivity contribution in [1.29, 1.82) is 0 Å². The third kappa shape index (κ3) is 3.02. The standard InChI is InChI=1S/C21H22F3N3O/c1-20(2)12-21(13-27(20)16-6-3-5-14(22)9-16)7-4-8-26(21)19(28)18-17(24)10-15(23)11-25-18/h3,5-6,9-11H,4,7-8,12-13H2,1-2H3. The van der Waals surface area contributed by atoms with E-state index in [1.165, 1.54) is 12.1 Å². The molecule has 148 valence electrons. The number of carbonyl (C=O) groups excluding carboxylic acids is 1. The number of anilines is 1. The van der Waals surface area contributed by atoms with Crippen molar-refractivity contribution in [2.24, 2.45) is 0 Å². The van der Waals surface area contributed by atoms with Gasteiger partial charge in [-0.1, -0.05) is 6.07 Å². The monoisotopic (exact) mass is 389 g/mol. The molecule has 0 N–H and O–H groups in total. The number of hydrogen-bond acceptors (Lipinski definition) is 3. The molecular weight excluding hydrogens is 367 g/mol. The normalized spacial score (nSPS) is 23.6. The zero-order valence-corrected chi connectivity index (χ0v) is 15.9. The molecule has 0 aliphatic carbocycles. The van der Waals surface area contributed by atoms with Crippen LogP contribution in [-0.4, -0.2) is 40.0 Å². The summed E-state index contributed by atoms with van der Waals surface area (Å²) in [6.07, 6.45) is 3.10. The number of rotatable bonds is 2. The average Bonchev–Trinajstić information content (AvgIpc) is 3.14. The minimum atomic E-state index is -0.953. The number of halogens is 3. The summed E-state index contributed by atoms with van der Waals surface area (Å²) in [5, 5.41) is 0. The Morgan fingerprint density at radius 2 is 1.93 bits per heavy atom. The van der Waals surface area contributed by atoms with E-state index in [0.717, 1.165) is 24.7 Å². The molecule has 1 spiro atoms. The number of amides is 1. The van der Waals surface area contributed by atoms with Crippen LogP contribution in [0.5, 0.6) is 0 Å². The molecule has 2 aliphatic rings. The Hall–Kier alpha value is -2.57. The highest BCUT2D eigenvalue weighted by Gasteiger charge is 2.55. The van der Waals surface area contributed by atoms with E-state index in [1.54, 1.807) is 11.0 Å². The van der Waals surface area contributed by atoms with Crippen LogP contribution in [0.2, 0.25) is 0 Å². The quantitative estimate of drug-likeness (QED) is 0.774. The van der Waals surface area contributed by atoms with Crippen LogP contribution in [0.4, 0.5) is 18.9 Å². The highest BCUT2D eigenvalue weighted by molar-refractivity contribution is 5.93. The second-order valence-corrected chi connectivity index (χ2v) is 8.32. The maximum absolute atomic E-state index is 14.2. The first-order valence-electron chi connectivity index (χ1n) is 9.38. The maximum atomic E-state index is 14.2. The third-order valence-corrected chi connectivity index (χ3v) is 5.92. The van der Waals surface area contributed by atoms with Gasteiger partial charge >= 0.3 is 0 Å². The smallest absolute Gasteiger partial charge is 0.276 e. The second-order valence-electron chi connectivity index (χ2n) is 8.32. The topological polar surface area (TPSA) is 36.4 Å². The predicted molar refractivity (Wildman–Crippen MR) is 99.6 cm³/mol. The Labute approximate surface area is 162 Å². The van der Waals surface area contributed by atoms with Crippen LogP contribution in [0, 0.1) is 17.5 Å². The lowest BCUT2D eigenvalue weighted by Gasteiger charge is -2.35. The first kappa shape index (κ1) is 18.8. The molecule has 28 heavy (non-hydrogen) atoms. The minimum absolute atomic E-state index is 0.314. The number of pyridine rings is 1. The molecule has 7 heteroatoms. The lowest BCUT2D eigenvalue weighted by molar-refractivity contribution is 0.0605. The highest BCUT2D eigenvalue weighted by atomic mass is 19.1. The third-order valence-electron chi connectivity index (χ3n) is 5.92. The lowest BCUT2D eigenvalue weighted by Crippen LogP contribution is -2.49. The summed E-state index contributed by atoms with van der Waals surface area (Å²) in [6.45, 7) is 5.14. The van der Waals surface area contributed by atoms with Gasteiger partial charge in [-0.15, -0.1) is 0 Å². The minimum Gasteiger partial charge on any atom is -0.364 e. The largest absolute Gasteiger partial charge is 0.364 e. The summed E-state index contributed by atoms with van der Waals surface area (Å²) in [5.74, 6) is -2.60. The molecule has 4 nitrogen and oxygen atoms in total. The number of nitrogens with zero attached hydrogens (tertiary/aromatic N) is 3. The summed E-state index contributed by atoms with van der Waals surface area (Å²) < 4.78 is 41.1. The molecule has 0 bridgehead atoms. The molecule has 1 aromatic carbocycles. The number of aromatic nitrogens is 1. The molecule has 2 aliphatic heterocycles. The lowest BCUT2D eigenvalue weighted by atomic mass is 9.87. The number of likely N-dealkylation sites (tertiary alicyclic amines) is 1. The van der Waals surface area contributed by atoms with E-state index < -0.39 is 23.1 Å². The molecule has 2 saturated heterocycles. The van der Waals surface area contributed by atoms with Gasteiger partial charge in [0.2, 0.25) is 0 Å². The van der Waals surface area contributed by atoms with Gasteiger partial charge in [0.15, 0.2) is 11.5 Å². The van der Waals surface area contributed by atoms with Gasteiger partial charge in [0.05, 0.1) is 11.7 Å². The maximum Gasteiger partial charge on any atom is 0.276 e. The van der Waals surface area contributed by atoms with E-state index in [9.17, 15) is 18.0 Å². The van der Waals surface area contributed by atoms with Crippen LogP contribution in [0.3, 0.4) is 0 Å². The van der Waals surface area contributed by atoms with E-state index >= 15 is 0 Å². The molecule has 3 heterocycles. The van der Waals surface area contributed by atoms with Crippen LogP contribution in [-0.2, 0) is 0 Å². The van der Waals surface area contributed by atoms with Crippen LogP contribution in [0.25, 0.3) is 0 Å². The van der Waals surface area contributed by atoms with Gasteiger partial charge < -0.3 is 9.80 Å². The molecule has 4 rings (SSSR count). The van der Waals surface area contributed by atoms with E-state index in [0.29, 0.717) is 25.6 Å². The first-order chi connectivity index (χ1) is 13.2. The average molecular weight is 389 g/mol. The number of hydrogen-bond donors (Lipinski definition) is 0. The van der Waals surface area contributed by atoms with Crippen molar-refractivity contribution in [1.82, 2.24) is 9.88 Å². The fraction of sp³-hybridized carbons (Fsp3) is 0.429. The molecule has 1 aromatic heterocycles. The molecular formula is C21H22F3N3O. The Morgan fingerprint density at radius 1 is 1.14 bits per heavy atom. The van der Waals surface area contributed by atoms with Gasteiger partial charge in [-0.3, -0.25) is 4.79 Å². The van der Waals surface area contributed by atoms with Crippen molar-refractivity contribution in [3.05, 3.63) is 59.7 Å². The van der Waals surface area contributed by atoms with Crippen molar-refractivity contribution in [2.75, 3.05) is 18.0 Å². The zero-order chi connectivity index (χ0) is 20.1. The first-order valence-corrected chi connectivity index (χ1v) is 9.38. The summed E-state index contributed by atoms with van der Waals surface area (Å²) in [5.41, 5.74) is -0.405. The van der Waals surface area contributed by atoms with E-state index in [4.69, 9.17) is 0 Å². The molecule has 0 radical (unpaired) electrons. The Kier molecular flexibility index (Phi) is 4.36. The fourth-order valence-corrected chi connectivity index (χ4v) is 4.85. The summed E-state index contributed by atoms with van der Waals surface area (Å²) in [7, 11) is 0. The molecule has 2 aromatic rings.